The molecule has 1 aromatic carbocycles. The van der Waals surface area contributed by atoms with Crippen LogP contribution in [-0.4, -0.2) is 17.6 Å². The number of nitrogens with zero attached hydrogens (tertiary/aromatic N) is 2. The lowest BCUT2D eigenvalue weighted by molar-refractivity contribution is 0.274. The largest absolute Gasteiger partial charge is 0.356 e. The molecule has 2 rings (SSSR count). The van der Waals surface area contributed by atoms with Gasteiger partial charge in [-0.25, -0.2) is 0 Å². The van der Waals surface area contributed by atoms with Gasteiger partial charge in [-0.15, -0.1) is 0 Å². The molecule has 1 aromatic rings. The van der Waals surface area contributed by atoms with Crippen molar-refractivity contribution in [2.24, 2.45) is 0 Å². The number of unbranched alkanes of at least 4 members (excludes halogenated alkanes) is 7. The van der Waals surface area contributed by atoms with E-state index >= 15 is 0 Å². The van der Waals surface area contributed by atoms with E-state index in [-0.39, 0.29) is 0 Å². The zero-order chi connectivity index (χ0) is 17.0. The van der Waals surface area contributed by atoms with E-state index in [4.69, 9.17) is 0 Å². The van der Waals surface area contributed by atoms with E-state index in [0.29, 0.717) is 6.17 Å². The van der Waals surface area contributed by atoms with Crippen LogP contribution in [0.15, 0.2) is 42.7 Å². The minimum Gasteiger partial charge on any atom is -0.356 e. The Balaban J connectivity index is 1.79. The van der Waals surface area contributed by atoms with Gasteiger partial charge in [0.1, 0.15) is 6.17 Å². The van der Waals surface area contributed by atoms with Crippen molar-refractivity contribution in [2.75, 3.05) is 11.4 Å². The average molecular weight is 329 g/mol. The van der Waals surface area contributed by atoms with Crippen molar-refractivity contribution in [1.82, 2.24) is 4.90 Å². The van der Waals surface area contributed by atoms with Crippen LogP contribution in [0.25, 0.3) is 0 Å². The third-order valence-corrected chi connectivity index (χ3v) is 5.01. The summed E-state index contributed by atoms with van der Waals surface area (Å²) in [4.78, 5) is 5.02. The van der Waals surface area contributed by atoms with E-state index in [2.05, 4.69) is 66.4 Å². The van der Waals surface area contributed by atoms with Gasteiger partial charge in [0.2, 0.25) is 0 Å². The molecule has 134 valence electrons. The maximum absolute atomic E-state index is 2.56. The van der Waals surface area contributed by atoms with Gasteiger partial charge >= 0.3 is 0 Å². The molecule has 0 aliphatic carbocycles. The third-order valence-electron chi connectivity index (χ3n) is 5.01. The highest BCUT2D eigenvalue weighted by Crippen LogP contribution is 2.27. The van der Waals surface area contributed by atoms with Gasteiger partial charge in [-0.3, -0.25) is 0 Å². The molecule has 0 radical (unpaired) electrons. The summed E-state index contributed by atoms with van der Waals surface area (Å²) in [6.07, 6.45) is 18.6. The van der Waals surface area contributed by atoms with Crippen LogP contribution in [0, 0.1) is 0 Å². The Morgan fingerprint density at radius 1 is 0.750 bits per heavy atom. The summed E-state index contributed by atoms with van der Waals surface area (Å²) < 4.78 is 0. The van der Waals surface area contributed by atoms with Crippen molar-refractivity contribution in [2.45, 2.75) is 84.2 Å². The molecular weight excluding hydrogens is 292 g/mol. The maximum atomic E-state index is 2.56. The Hall–Kier alpha value is -1.44. The maximum Gasteiger partial charge on any atom is 0.105 e. The summed E-state index contributed by atoms with van der Waals surface area (Å²) in [7, 11) is 0. The van der Waals surface area contributed by atoms with Crippen molar-refractivity contribution in [1.29, 1.82) is 0 Å². The lowest BCUT2D eigenvalue weighted by atomic mass is 10.1. The first kappa shape index (κ1) is 18.9. The molecule has 1 atom stereocenters. The zero-order valence-electron chi connectivity index (χ0n) is 15.8. The molecule has 0 fully saturated rings. The van der Waals surface area contributed by atoms with Crippen LogP contribution in [0.5, 0.6) is 0 Å². The second-order valence-corrected chi connectivity index (χ2v) is 7.02. The molecule has 24 heavy (non-hydrogen) atoms. The predicted molar refractivity (Wildman–Crippen MR) is 106 cm³/mol. The van der Waals surface area contributed by atoms with E-state index in [1.54, 1.807) is 0 Å². The number of para-hydroxylation sites is 1. The molecule has 0 aromatic heterocycles. The Bertz CT molecular complexity index is 454. The van der Waals surface area contributed by atoms with Gasteiger partial charge < -0.3 is 9.80 Å². The summed E-state index contributed by atoms with van der Waals surface area (Å²) in [5.41, 5.74) is 1.32. The number of anilines is 1. The summed E-state index contributed by atoms with van der Waals surface area (Å²) in [5, 5.41) is 0. The molecule has 0 bridgehead atoms. The summed E-state index contributed by atoms with van der Waals surface area (Å²) in [5.74, 6) is 0. The van der Waals surface area contributed by atoms with Gasteiger partial charge in [0, 0.05) is 24.6 Å². The highest BCUT2D eigenvalue weighted by atomic mass is 15.4. The highest BCUT2D eigenvalue weighted by Gasteiger charge is 2.26. The summed E-state index contributed by atoms with van der Waals surface area (Å²) in [6.45, 7) is 5.77. The Morgan fingerprint density at radius 3 is 2.12 bits per heavy atom. The SMILES string of the molecule is CCCCCCCCCN1C=CN(c2ccccc2)C1CCCC. The monoisotopic (exact) mass is 328 g/mol. The van der Waals surface area contributed by atoms with Gasteiger partial charge in [0.15, 0.2) is 0 Å². The van der Waals surface area contributed by atoms with Crippen molar-refractivity contribution < 1.29 is 0 Å². The second-order valence-electron chi connectivity index (χ2n) is 7.02. The molecule has 2 heteroatoms. The fraction of sp³-hybridized carbons (Fsp3) is 0.636. The van der Waals surface area contributed by atoms with E-state index in [9.17, 15) is 0 Å². The Labute approximate surface area is 149 Å². The Morgan fingerprint density at radius 2 is 1.42 bits per heavy atom. The molecule has 0 saturated heterocycles. The quantitative estimate of drug-likeness (QED) is 0.402. The van der Waals surface area contributed by atoms with Gasteiger partial charge in [-0.1, -0.05) is 77.0 Å². The van der Waals surface area contributed by atoms with Gasteiger partial charge in [0.25, 0.3) is 0 Å². The highest BCUT2D eigenvalue weighted by molar-refractivity contribution is 5.51. The average Bonchev–Trinajstić information content (AvgIpc) is 3.02. The molecular formula is C22H36N2. The van der Waals surface area contributed by atoms with Crippen LogP contribution in [0.4, 0.5) is 5.69 Å². The van der Waals surface area contributed by atoms with Crippen LogP contribution in [0.1, 0.15) is 78.1 Å². The topological polar surface area (TPSA) is 6.48 Å². The van der Waals surface area contributed by atoms with Crippen molar-refractivity contribution in [3.63, 3.8) is 0 Å². The molecule has 1 aliphatic rings. The molecule has 1 aliphatic heterocycles. The molecule has 0 spiro atoms. The van der Waals surface area contributed by atoms with Gasteiger partial charge in [-0.2, -0.15) is 0 Å². The fourth-order valence-corrected chi connectivity index (χ4v) is 3.54. The summed E-state index contributed by atoms with van der Waals surface area (Å²) >= 11 is 0. The van der Waals surface area contributed by atoms with Crippen LogP contribution < -0.4 is 4.90 Å². The van der Waals surface area contributed by atoms with Gasteiger partial charge in [0.05, 0.1) is 0 Å². The number of hydrogen-bond acceptors (Lipinski definition) is 2. The van der Waals surface area contributed by atoms with Crippen LogP contribution in [0.2, 0.25) is 0 Å². The second kappa shape index (κ2) is 11.2. The lowest BCUT2D eigenvalue weighted by Crippen LogP contribution is -2.39. The molecule has 0 saturated carbocycles. The first-order valence-electron chi connectivity index (χ1n) is 10.1. The van der Waals surface area contributed by atoms with Crippen molar-refractivity contribution >= 4 is 5.69 Å². The first-order valence-corrected chi connectivity index (χ1v) is 10.1. The standard InChI is InChI=1S/C22H36N2/c1-3-5-7-8-9-10-14-18-23-19-20-24(22(23)17-6-4-2)21-15-12-11-13-16-21/h11-13,15-16,19-20,22H,3-10,14,17-18H2,1-2H3. The van der Waals surface area contributed by atoms with E-state index in [1.807, 2.05) is 0 Å². The fourth-order valence-electron chi connectivity index (χ4n) is 3.54. The minimum atomic E-state index is 0.507. The van der Waals surface area contributed by atoms with E-state index in [0.717, 1.165) is 0 Å². The smallest absolute Gasteiger partial charge is 0.105 e. The number of hydrogen-bond donors (Lipinski definition) is 0. The van der Waals surface area contributed by atoms with Crippen LogP contribution in [-0.2, 0) is 0 Å². The summed E-state index contributed by atoms with van der Waals surface area (Å²) in [6, 6.07) is 10.8. The molecule has 1 unspecified atom stereocenters. The third kappa shape index (κ3) is 5.89. The first-order chi connectivity index (χ1) is 11.9. The van der Waals surface area contributed by atoms with Gasteiger partial charge in [-0.05, 0) is 31.4 Å². The van der Waals surface area contributed by atoms with Crippen LogP contribution >= 0.6 is 0 Å². The normalized spacial score (nSPS) is 17.0. The van der Waals surface area contributed by atoms with Crippen molar-refractivity contribution in [3.05, 3.63) is 42.7 Å². The molecule has 2 nitrogen and oxygen atoms in total. The van der Waals surface area contributed by atoms with E-state index < -0.39 is 0 Å². The Kier molecular flexibility index (Phi) is 8.80. The number of rotatable bonds is 12. The minimum absolute atomic E-state index is 0.507. The number of benzene rings is 1. The molecule has 0 N–H and O–H groups in total. The molecule has 1 heterocycles. The molecule has 0 amide bonds. The predicted octanol–water partition coefficient (Wildman–Crippen LogP) is 6.55. The van der Waals surface area contributed by atoms with Crippen molar-refractivity contribution in [3.8, 4) is 0 Å². The zero-order valence-corrected chi connectivity index (χ0v) is 15.8. The van der Waals surface area contributed by atoms with Crippen LogP contribution in [0.3, 0.4) is 0 Å². The lowest BCUT2D eigenvalue weighted by Gasteiger charge is -2.33. The van der Waals surface area contributed by atoms with E-state index in [1.165, 1.54) is 76.4 Å².